The molecule has 0 radical (unpaired) electrons. The third kappa shape index (κ3) is 4.44. The van der Waals surface area contributed by atoms with Gasteiger partial charge < -0.3 is 10.8 Å². The number of aromatic carboxylic acids is 1. The Hall–Kier alpha value is -3.42. The second-order valence-corrected chi connectivity index (χ2v) is 8.10. The lowest BCUT2D eigenvalue weighted by atomic mass is 9.80. The van der Waals surface area contributed by atoms with Gasteiger partial charge in [-0.3, -0.25) is 0 Å². The zero-order chi connectivity index (χ0) is 22.9. The Morgan fingerprint density at radius 3 is 2.34 bits per heavy atom. The molecular formula is C24H22F3N3O2. The van der Waals surface area contributed by atoms with Crippen LogP contribution in [0.1, 0.15) is 52.1 Å². The van der Waals surface area contributed by atoms with Gasteiger partial charge in [-0.25, -0.2) is 14.8 Å². The molecule has 1 fully saturated rings. The van der Waals surface area contributed by atoms with Crippen molar-refractivity contribution in [1.29, 1.82) is 0 Å². The largest absolute Gasteiger partial charge is 0.478 e. The number of carboxylic acid groups (broad SMARTS) is 1. The van der Waals surface area contributed by atoms with Crippen LogP contribution in [0, 0.1) is 5.92 Å². The molecule has 0 aliphatic heterocycles. The molecule has 32 heavy (non-hydrogen) atoms. The molecule has 166 valence electrons. The van der Waals surface area contributed by atoms with Crippen molar-refractivity contribution in [2.45, 2.75) is 38.3 Å². The molecule has 5 nitrogen and oxygen atoms in total. The first-order valence-corrected chi connectivity index (χ1v) is 10.3. The lowest BCUT2D eigenvalue weighted by Crippen LogP contribution is -2.15. The highest BCUT2D eigenvalue weighted by atomic mass is 19.4. The van der Waals surface area contributed by atoms with E-state index in [1.54, 1.807) is 0 Å². The normalized spacial score (nSPS) is 14.6. The topological polar surface area (TPSA) is 89.1 Å². The van der Waals surface area contributed by atoms with Crippen molar-refractivity contribution in [3.63, 3.8) is 0 Å². The number of nitrogens with zero attached hydrogens (tertiary/aromatic N) is 2. The molecule has 1 heterocycles. The number of hydrogen-bond donors (Lipinski definition) is 2. The van der Waals surface area contributed by atoms with Crippen molar-refractivity contribution < 1.29 is 23.1 Å². The SMILES string of the molecule is Nc1c(CC2CCC2)ccc2c1Cc1ccccc1-2.O=C(O)c1cnc(C(F)(F)F)nc1. The van der Waals surface area contributed by atoms with Crippen molar-refractivity contribution in [2.75, 3.05) is 5.73 Å². The van der Waals surface area contributed by atoms with Gasteiger partial charge in [0.15, 0.2) is 0 Å². The minimum absolute atomic E-state index is 0.381. The Bertz CT molecular complexity index is 1140. The fraction of sp³-hybridized carbons (Fsp3) is 0.292. The number of nitrogen functional groups attached to an aromatic ring is 1. The summed E-state index contributed by atoms with van der Waals surface area (Å²) in [6.07, 6.45) is 2.94. The lowest BCUT2D eigenvalue weighted by molar-refractivity contribution is -0.145. The van der Waals surface area contributed by atoms with Crippen molar-refractivity contribution in [2.24, 2.45) is 5.92 Å². The quantitative estimate of drug-likeness (QED) is 0.417. The summed E-state index contributed by atoms with van der Waals surface area (Å²) >= 11 is 0. The molecule has 5 rings (SSSR count). The molecule has 2 aliphatic rings. The molecule has 0 unspecified atom stereocenters. The van der Waals surface area contributed by atoms with E-state index in [-0.39, 0.29) is 5.56 Å². The summed E-state index contributed by atoms with van der Waals surface area (Å²) in [5.74, 6) is -1.84. The number of nitrogens with two attached hydrogens (primary N) is 1. The summed E-state index contributed by atoms with van der Waals surface area (Å²) in [6.45, 7) is 0. The fourth-order valence-electron chi connectivity index (χ4n) is 4.05. The van der Waals surface area contributed by atoms with E-state index in [1.165, 1.54) is 53.5 Å². The molecule has 1 aromatic heterocycles. The first-order valence-electron chi connectivity index (χ1n) is 10.3. The van der Waals surface area contributed by atoms with Gasteiger partial charge >= 0.3 is 12.1 Å². The minimum Gasteiger partial charge on any atom is -0.478 e. The Kier molecular flexibility index (Phi) is 5.86. The Morgan fingerprint density at radius 2 is 1.75 bits per heavy atom. The zero-order valence-corrected chi connectivity index (χ0v) is 17.2. The van der Waals surface area contributed by atoms with Crippen LogP contribution < -0.4 is 5.73 Å². The molecule has 8 heteroatoms. The van der Waals surface area contributed by atoms with Crippen LogP contribution in [-0.2, 0) is 19.0 Å². The summed E-state index contributed by atoms with van der Waals surface area (Å²) in [7, 11) is 0. The number of halogens is 3. The molecule has 0 spiro atoms. The van der Waals surface area contributed by atoms with E-state index in [0.29, 0.717) is 12.4 Å². The van der Waals surface area contributed by atoms with Crippen LogP contribution in [0.5, 0.6) is 0 Å². The zero-order valence-electron chi connectivity index (χ0n) is 17.2. The van der Waals surface area contributed by atoms with Crippen LogP contribution in [0.3, 0.4) is 0 Å². The van der Waals surface area contributed by atoms with E-state index in [1.807, 2.05) is 0 Å². The molecule has 0 atom stereocenters. The van der Waals surface area contributed by atoms with Crippen molar-refractivity contribution in [3.05, 3.63) is 76.9 Å². The Morgan fingerprint density at radius 1 is 1.06 bits per heavy atom. The number of hydrogen-bond acceptors (Lipinski definition) is 4. The monoisotopic (exact) mass is 441 g/mol. The number of anilines is 1. The van der Waals surface area contributed by atoms with Crippen LogP contribution in [0.25, 0.3) is 11.1 Å². The summed E-state index contributed by atoms with van der Waals surface area (Å²) < 4.78 is 35.5. The number of aromatic nitrogens is 2. The third-order valence-electron chi connectivity index (χ3n) is 6.01. The van der Waals surface area contributed by atoms with Crippen molar-refractivity contribution in [3.8, 4) is 11.1 Å². The highest BCUT2D eigenvalue weighted by Gasteiger charge is 2.34. The minimum atomic E-state index is -4.64. The molecule has 3 aromatic rings. The van der Waals surface area contributed by atoms with E-state index in [4.69, 9.17) is 10.8 Å². The van der Waals surface area contributed by atoms with Crippen molar-refractivity contribution in [1.82, 2.24) is 9.97 Å². The molecule has 2 aliphatic carbocycles. The smallest absolute Gasteiger partial charge is 0.451 e. The molecule has 0 bridgehead atoms. The van der Waals surface area contributed by atoms with Crippen LogP contribution in [0.4, 0.5) is 18.9 Å². The average Bonchev–Trinajstić information content (AvgIpc) is 3.11. The molecular weight excluding hydrogens is 419 g/mol. The van der Waals surface area contributed by atoms with Gasteiger partial charge in [-0.05, 0) is 40.2 Å². The van der Waals surface area contributed by atoms with E-state index in [9.17, 15) is 18.0 Å². The number of carboxylic acids is 1. The van der Waals surface area contributed by atoms with E-state index >= 15 is 0 Å². The van der Waals surface area contributed by atoms with Gasteiger partial charge in [-0.15, -0.1) is 0 Å². The van der Waals surface area contributed by atoms with Crippen molar-refractivity contribution >= 4 is 11.7 Å². The summed E-state index contributed by atoms with van der Waals surface area (Å²) in [5, 5.41) is 8.32. The molecule has 0 amide bonds. The van der Waals surface area contributed by atoms with Gasteiger partial charge in [0.1, 0.15) is 0 Å². The predicted molar refractivity (Wildman–Crippen MR) is 114 cm³/mol. The first-order chi connectivity index (χ1) is 15.2. The number of fused-ring (bicyclic) bond motifs is 3. The third-order valence-corrected chi connectivity index (χ3v) is 6.01. The van der Waals surface area contributed by atoms with Gasteiger partial charge in [-0.1, -0.05) is 55.7 Å². The molecule has 1 saturated carbocycles. The second-order valence-electron chi connectivity index (χ2n) is 8.10. The number of rotatable bonds is 3. The van der Waals surface area contributed by atoms with E-state index in [0.717, 1.165) is 18.0 Å². The maximum atomic E-state index is 11.8. The van der Waals surface area contributed by atoms with Gasteiger partial charge in [0, 0.05) is 24.5 Å². The predicted octanol–water partition coefficient (Wildman–Crippen LogP) is 5.38. The maximum absolute atomic E-state index is 11.8. The average molecular weight is 441 g/mol. The van der Waals surface area contributed by atoms with Crippen LogP contribution in [0.15, 0.2) is 48.8 Å². The number of benzene rings is 2. The highest BCUT2D eigenvalue weighted by Crippen LogP contribution is 2.42. The maximum Gasteiger partial charge on any atom is 0.451 e. The summed E-state index contributed by atoms with van der Waals surface area (Å²) in [6, 6.07) is 13.2. The van der Waals surface area contributed by atoms with Crippen LogP contribution in [0.2, 0.25) is 0 Å². The summed E-state index contributed by atoms with van der Waals surface area (Å²) in [4.78, 5) is 15.9. The summed E-state index contributed by atoms with van der Waals surface area (Å²) in [5.41, 5.74) is 14.0. The highest BCUT2D eigenvalue weighted by molar-refractivity contribution is 5.86. The van der Waals surface area contributed by atoms with E-state index in [2.05, 4.69) is 46.4 Å². The van der Waals surface area contributed by atoms with Crippen LogP contribution in [-0.4, -0.2) is 21.0 Å². The van der Waals surface area contributed by atoms with Crippen LogP contribution >= 0.6 is 0 Å². The van der Waals surface area contributed by atoms with Gasteiger partial charge in [0.2, 0.25) is 5.82 Å². The number of alkyl halides is 3. The molecule has 2 aromatic carbocycles. The second kappa shape index (κ2) is 8.61. The molecule has 0 saturated heterocycles. The first kappa shape index (κ1) is 21.8. The number of carbonyl (C=O) groups is 1. The lowest BCUT2D eigenvalue weighted by Gasteiger charge is -2.26. The standard InChI is InChI=1S/C18H19N.C6H3F3N2O2/c19-18-14(10-12-4-3-5-12)8-9-16-15-7-2-1-6-13(15)11-17(16)18;7-6(8,9)5-10-1-3(2-11-5)4(12)13/h1-2,6-9,12H,3-5,10-11,19H2;1-2H,(H,12,13). The van der Waals surface area contributed by atoms with E-state index < -0.39 is 18.0 Å². The Balaban J connectivity index is 0.000000166. The van der Waals surface area contributed by atoms with Gasteiger partial charge in [0.05, 0.1) is 5.56 Å². The molecule has 3 N–H and O–H groups in total. The van der Waals surface area contributed by atoms with Gasteiger partial charge in [0.25, 0.3) is 0 Å². The fourth-order valence-corrected chi connectivity index (χ4v) is 4.05. The van der Waals surface area contributed by atoms with Gasteiger partial charge in [-0.2, -0.15) is 13.2 Å². The Labute approximate surface area is 183 Å².